The van der Waals surface area contributed by atoms with Crippen LogP contribution in [-0.4, -0.2) is 6.61 Å². The highest BCUT2D eigenvalue weighted by molar-refractivity contribution is 5.33. The summed E-state index contributed by atoms with van der Waals surface area (Å²) in [5.74, 6) is 1.43. The first-order valence-corrected chi connectivity index (χ1v) is 12.7. The Balaban J connectivity index is 1.43. The van der Waals surface area contributed by atoms with Gasteiger partial charge in [0.05, 0.1) is 6.61 Å². The Kier molecular flexibility index (Phi) is 9.46. The molecule has 0 heterocycles. The summed E-state index contributed by atoms with van der Waals surface area (Å²) < 4.78 is 34.7. The van der Waals surface area contributed by atoms with E-state index in [1.54, 1.807) is 12.1 Å². The van der Waals surface area contributed by atoms with Crippen LogP contribution in [0.3, 0.4) is 0 Å². The molecule has 0 aromatic heterocycles. The molecular formula is C27H42F2O. The van der Waals surface area contributed by atoms with Crippen molar-refractivity contribution in [3.63, 3.8) is 0 Å². The van der Waals surface area contributed by atoms with Crippen molar-refractivity contribution in [3.05, 3.63) is 29.3 Å². The van der Waals surface area contributed by atoms with Gasteiger partial charge in [-0.1, -0.05) is 77.7 Å². The summed E-state index contributed by atoms with van der Waals surface area (Å²) in [6, 6.07) is 3.41. The van der Waals surface area contributed by atoms with E-state index in [1.165, 1.54) is 44.9 Å². The second kappa shape index (κ2) is 12.1. The van der Waals surface area contributed by atoms with Crippen LogP contribution in [0.1, 0.15) is 115 Å². The molecule has 0 spiro atoms. The average Bonchev–Trinajstić information content (AvgIpc) is 2.79. The predicted molar refractivity (Wildman–Crippen MR) is 121 cm³/mol. The lowest BCUT2D eigenvalue weighted by atomic mass is 9.74. The van der Waals surface area contributed by atoms with Crippen LogP contribution >= 0.6 is 0 Å². The van der Waals surface area contributed by atoms with Crippen molar-refractivity contribution < 1.29 is 13.5 Å². The van der Waals surface area contributed by atoms with Gasteiger partial charge in [-0.25, -0.2) is 4.39 Å². The van der Waals surface area contributed by atoms with Crippen molar-refractivity contribution in [3.8, 4) is 5.75 Å². The maximum Gasteiger partial charge on any atom is 0.200 e. The van der Waals surface area contributed by atoms with Crippen LogP contribution in [-0.2, 0) is 0 Å². The molecule has 0 N–H and O–H groups in total. The van der Waals surface area contributed by atoms with E-state index in [2.05, 4.69) is 13.8 Å². The SMILES string of the molecule is CCCCCOc1ccc([C@H]2CC[C@H](CCC3CCC(CC)CC3)CC2)c(F)c1F. The fourth-order valence-electron chi connectivity index (χ4n) is 5.67. The highest BCUT2D eigenvalue weighted by Crippen LogP contribution is 2.41. The number of hydrogen-bond acceptors (Lipinski definition) is 1. The molecule has 0 aliphatic heterocycles. The van der Waals surface area contributed by atoms with Crippen molar-refractivity contribution in [1.82, 2.24) is 0 Å². The number of halogens is 2. The molecule has 1 aromatic carbocycles. The van der Waals surface area contributed by atoms with E-state index in [4.69, 9.17) is 4.74 Å². The van der Waals surface area contributed by atoms with Gasteiger partial charge in [0.1, 0.15) is 0 Å². The van der Waals surface area contributed by atoms with Crippen LogP contribution in [0, 0.1) is 29.4 Å². The minimum absolute atomic E-state index is 0.0684. The standard InChI is InChI=1S/C27H42F2O/c1-3-5-6-19-30-25-18-17-24(26(28)27(25)29)23-15-13-22(14-16-23)12-11-21-9-7-20(4-2)8-10-21/h17-18,20-23H,3-16,19H2,1-2H3/t20?,21?,22-,23-. The number of ether oxygens (including phenoxy) is 1. The van der Waals surface area contributed by atoms with Gasteiger partial charge in [-0.3, -0.25) is 0 Å². The molecular weight excluding hydrogens is 378 g/mol. The maximum absolute atomic E-state index is 14.7. The normalized spacial score (nSPS) is 27.2. The van der Waals surface area contributed by atoms with Gasteiger partial charge in [-0.2, -0.15) is 4.39 Å². The van der Waals surface area contributed by atoms with E-state index in [0.29, 0.717) is 12.2 Å². The second-order valence-corrected chi connectivity index (χ2v) is 9.93. The molecule has 2 aliphatic carbocycles. The van der Waals surface area contributed by atoms with Crippen LogP contribution in [0.5, 0.6) is 5.75 Å². The highest BCUT2D eigenvalue weighted by atomic mass is 19.2. The van der Waals surface area contributed by atoms with Crippen LogP contribution in [0.25, 0.3) is 0 Å². The Hall–Kier alpha value is -1.12. The Morgan fingerprint density at radius 1 is 0.767 bits per heavy atom. The fourth-order valence-corrected chi connectivity index (χ4v) is 5.67. The zero-order valence-electron chi connectivity index (χ0n) is 19.2. The lowest BCUT2D eigenvalue weighted by Crippen LogP contribution is -2.18. The first-order chi connectivity index (χ1) is 14.6. The molecule has 3 rings (SSSR count). The molecule has 1 aromatic rings. The number of unbranched alkanes of at least 4 members (excludes halogenated alkanes) is 2. The van der Waals surface area contributed by atoms with Crippen molar-refractivity contribution >= 4 is 0 Å². The van der Waals surface area contributed by atoms with Gasteiger partial charge in [0.15, 0.2) is 11.6 Å². The summed E-state index contributed by atoms with van der Waals surface area (Å²) in [4.78, 5) is 0. The third-order valence-corrected chi connectivity index (χ3v) is 7.90. The molecule has 2 aliphatic rings. The van der Waals surface area contributed by atoms with Crippen molar-refractivity contribution in [2.24, 2.45) is 17.8 Å². The molecule has 0 saturated heterocycles. The Morgan fingerprint density at radius 3 is 1.97 bits per heavy atom. The topological polar surface area (TPSA) is 9.23 Å². The molecule has 0 unspecified atom stereocenters. The minimum Gasteiger partial charge on any atom is -0.490 e. The molecule has 0 radical (unpaired) electrons. The van der Waals surface area contributed by atoms with Gasteiger partial charge >= 0.3 is 0 Å². The lowest BCUT2D eigenvalue weighted by molar-refractivity contribution is 0.226. The molecule has 0 amide bonds. The molecule has 2 fully saturated rings. The van der Waals surface area contributed by atoms with E-state index in [9.17, 15) is 8.78 Å². The third-order valence-electron chi connectivity index (χ3n) is 7.90. The summed E-state index contributed by atoms with van der Waals surface area (Å²) >= 11 is 0. The number of rotatable bonds is 10. The smallest absolute Gasteiger partial charge is 0.200 e. The zero-order valence-corrected chi connectivity index (χ0v) is 19.2. The van der Waals surface area contributed by atoms with E-state index >= 15 is 0 Å². The summed E-state index contributed by atoms with van der Waals surface area (Å²) in [6.45, 7) is 4.89. The fraction of sp³-hybridized carbons (Fsp3) is 0.778. The minimum atomic E-state index is -0.797. The van der Waals surface area contributed by atoms with E-state index in [1.807, 2.05) is 0 Å². The molecule has 3 heteroatoms. The summed E-state index contributed by atoms with van der Waals surface area (Å²) in [7, 11) is 0. The van der Waals surface area contributed by atoms with Gasteiger partial charge in [-0.05, 0) is 67.4 Å². The first-order valence-electron chi connectivity index (χ1n) is 12.7. The summed E-state index contributed by atoms with van der Waals surface area (Å²) in [6.07, 6.45) is 17.0. The molecule has 1 nitrogen and oxygen atoms in total. The average molecular weight is 421 g/mol. The largest absolute Gasteiger partial charge is 0.490 e. The van der Waals surface area contributed by atoms with Crippen molar-refractivity contribution in [1.29, 1.82) is 0 Å². The number of benzene rings is 1. The summed E-state index contributed by atoms with van der Waals surface area (Å²) in [5.41, 5.74) is 0.560. The van der Waals surface area contributed by atoms with Crippen LogP contribution < -0.4 is 4.74 Å². The maximum atomic E-state index is 14.7. The molecule has 170 valence electrons. The van der Waals surface area contributed by atoms with Gasteiger partial charge in [0, 0.05) is 0 Å². The molecule has 2 saturated carbocycles. The molecule has 30 heavy (non-hydrogen) atoms. The van der Waals surface area contributed by atoms with Crippen LogP contribution in [0.4, 0.5) is 8.78 Å². The van der Waals surface area contributed by atoms with Crippen LogP contribution in [0.2, 0.25) is 0 Å². The van der Waals surface area contributed by atoms with E-state index in [0.717, 1.165) is 62.7 Å². The first kappa shape index (κ1) is 23.5. The van der Waals surface area contributed by atoms with Gasteiger partial charge in [0.25, 0.3) is 0 Å². The summed E-state index contributed by atoms with van der Waals surface area (Å²) in [5, 5.41) is 0. The Bertz CT molecular complexity index is 628. The predicted octanol–water partition coefficient (Wildman–Crippen LogP) is 8.80. The second-order valence-electron chi connectivity index (χ2n) is 9.93. The highest BCUT2D eigenvalue weighted by Gasteiger charge is 2.28. The van der Waals surface area contributed by atoms with E-state index in [-0.39, 0.29) is 11.7 Å². The Morgan fingerprint density at radius 2 is 1.37 bits per heavy atom. The molecule has 0 bridgehead atoms. The van der Waals surface area contributed by atoms with Gasteiger partial charge < -0.3 is 4.74 Å². The molecule has 0 atom stereocenters. The Labute approximate surface area is 183 Å². The zero-order chi connectivity index (χ0) is 21.3. The van der Waals surface area contributed by atoms with Crippen LogP contribution in [0.15, 0.2) is 12.1 Å². The van der Waals surface area contributed by atoms with Crippen molar-refractivity contribution in [2.45, 2.75) is 110 Å². The van der Waals surface area contributed by atoms with Gasteiger partial charge in [-0.15, -0.1) is 0 Å². The monoisotopic (exact) mass is 420 g/mol. The third kappa shape index (κ3) is 6.44. The van der Waals surface area contributed by atoms with Gasteiger partial charge in [0.2, 0.25) is 5.82 Å². The van der Waals surface area contributed by atoms with Crippen molar-refractivity contribution in [2.75, 3.05) is 6.61 Å². The van der Waals surface area contributed by atoms with E-state index < -0.39 is 11.6 Å². The lowest BCUT2D eigenvalue weighted by Gasteiger charge is -2.32. The number of hydrogen-bond donors (Lipinski definition) is 0. The quantitative estimate of drug-likeness (QED) is 0.344.